The highest BCUT2D eigenvalue weighted by atomic mass is 32.2. The number of amides is 1. The standard InChI is InChI=1S/C22H22N4O4S/c1-2-13-23-31(29,30)18-9-7-16(8-10-18)21(27)25-14-11-17(12-15-25)26-20-6-4-3-5-19(20)24-22(26)28/h1,3-10,17,23H,11-15H2,(H,24,28). The minimum absolute atomic E-state index is 0.0162. The van der Waals surface area contributed by atoms with Crippen LogP contribution in [0.25, 0.3) is 11.0 Å². The van der Waals surface area contributed by atoms with Crippen molar-refractivity contribution in [1.82, 2.24) is 19.2 Å². The lowest BCUT2D eigenvalue weighted by Gasteiger charge is -2.32. The second-order valence-electron chi connectivity index (χ2n) is 7.39. The van der Waals surface area contributed by atoms with Gasteiger partial charge in [-0.05, 0) is 49.2 Å². The van der Waals surface area contributed by atoms with E-state index in [1.807, 2.05) is 24.3 Å². The summed E-state index contributed by atoms with van der Waals surface area (Å²) < 4.78 is 28.3. The number of imidazole rings is 1. The molecule has 2 N–H and O–H groups in total. The van der Waals surface area contributed by atoms with Gasteiger partial charge in [0, 0.05) is 24.7 Å². The van der Waals surface area contributed by atoms with E-state index in [-0.39, 0.29) is 29.1 Å². The summed E-state index contributed by atoms with van der Waals surface area (Å²) in [6, 6.07) is 13.4. The molecular formula is C22H22N4O4S. The lowest BCUT2D eigenvalue weighted by molar-refractivity contribution is 0.0695. The first-order valence-electron chi connectivity index (χ1n) is 9.92. The zero-order valence-electron chi connectivity index (χ0n) is 16.7. The fourth-order valence-electron chi connectivity index (χ4n) is 3.94. The Hall–Kier alpha value is -3.35. The summed E-state index contributed by atoms with van der Waals surface area (Å²) in [5.41, 5.74) is 1.95. The Balaban J connectivity index is 1.44. The Labute approximate surface area is 179 Å². The minimum Gasteiger partial charge on any atom is -0.338 e. The molecule has 4 rings (SSSR count). The molecule has 0 spiro atoms. The average molecular weight is 439 g/mol. The maximum atomic E-state index is 12.9. The number of sulfonamides is 1. The Morgan fingerprint density at radius 2 is 1.81 bits per heavy atom. The molecule has 1 fully saturated rings. The number of carbonyl (C=O) groups excluding carboxylic acids is 1. The topological polar surface area (TPSA) is 104 Å². The van der Waals surface area contributed by atoms with Gasteiger partial charge in [-0.1, -0.05) is 18.1 Å². The van der Waals surface area contributed by atoms with Gasteiger partial charge in [-0.2, -0.15) is 4.72 Å². The van der Waals surface area contributed by atoms with E-state index in [2.05, 4.69) is 15.6 Å². The highest BCUT2D eigenvalue weighted by Gasteiger charge is 2.27. The van der Waals surface area contributed by atoms with Crippen LogP contribution in [0.3, 0.4) is 0 Å². The number of likely N-dealkylation sites (tertiary alicyclic amines) is 1. The van der Waals surface area contributed by atoms with E-state index in [0.29, 0.717) is 31.5 Å². The molecule has 1 aliphatic heterocycles. The molecule has 3 aromatic rings. The van der Waals surface area contributed by atoms with Crippen molar-refractivity contribution in [3.63, 3.8) is 0 Å². The Kier molecular flexibility index (Phi) is 5.67. The van der Waals surface area contributed by atoms with Crippen molar-refractivity contribution in [2.75, 3.05) is 19.6 Å². The first-order valence-corrected chi connectivity index (χ1v) is 11.4. The number of aromatic amines is 1. The lowest BCUT2D eigenvalue weighted by Crippen LogP contribution is -2.40. The molecule has 1 saturated heterocycles. The van der Waals surface area contributed by atoms with Gasteiger partial charge in [-0.3, -0.25) is 9.36 Å². The van der Waals surface area contributed by atoms with Gasteiger partial charge in [0.05, 0.1) is 22.5 Å². The third kappa shape index (κ3) is 4.13. The van der Waals surface area contributed by atoms with Crippen molar-refractivity contribution in [2.45, 2.75) is 23.8 Å². The third-order valence-electron chi connectivity index (χ3n) is 5.52. The number of nitrogens with zero attached hydrogens (tertiary/aromatic N) is 2. The summed E-state index contributed by atoms with van der Waals surface area (Å²) in [5.74, 6) is 2.06. The van der Waals surface area contributed by atoms with E-state index in [1.165, 1.54) is 24.3 Å². The predicted octanol–water partition coefficient (Wildman–Crippen LogP) is 1.72. The second kappa shape index (κ2) is 8.41. The molecule has 0 radical (unpaired) electrons. The van der Waals surface area contributed by atoms with Gasteiger partial charge in [-0.25, -0.2) is 13.2 Å². The lowest BCUT2D eigenvalue weighted by atomic mass is 10.0. The van der Waals surface area contributed by atoms with Gasteiger partial charge < -0.3 is 9.88 Å². The maximum Gasteiger partial charge on any atom is 0.326 e. The van der Waals surface area contributed by atoms with Crippen LogP contribution in [0.5, 0.6) is 0 Å². The van der Waals surface area contributed by atoms with E-state index in [0.717, 1.165) is 11.0 Å². The first-order chi connectivity index (χ1) is 14.9. The molecule has 160 valence electrons. The van der Waals surface area contributed by atoms with Gasteiger partial charge in [-0.15, -0.1) is 6.42 Å². The van der Waals surface area contributed by atoms with E-state index < -0.39 is 10.0 Å². The van der Waals surface area contributed by atoms with Gasteiger partial charge in [0.1, 0.15) is 0 Å². The fraction of sp³-hybridized carbons (Fsp3) is 0.273. The van der Waals surface area contributed by atoms with Gasteiger partial charge in [0.15, 0.2) is 0 Å². The van der Waals surface area contributed by atoms with Gasteiger partial charge in [0.2, 0.25) is 10.0 Å². The number of carbonyl (C=O) groups is 1. The van der Waals surface area contributed by atoms with Crippen molar-refractivity contribution in [3.05, 3.63) is 64.6 Å². The van der Waals surface area contributed by atoms with Crippen LogP contribution in [-0.2, 0) is 10.0 Å². The molecule has 31 heavy (non-hydrogen) atoms. The van der Waals surface area contributed by atoms with Crippen molar-refractivity contribution in [3.8, 4) is 12.3 Å². The highest BCUT2D eigenvalue weighted by Crippen LogP contribution is 2.26. The SMILES string of the molecule is C#CCNS(=O)(=O)c1ccc(C(=O)N2CCC(n3c(=O)[nH]c4ccccc43)CC2)cc1. The molecule has 8 nitrogen and oxygen atoms in total. The minimum atomic E-state index is -3.70. The summed E-state index contributed by atoms with van der Waals surface area (Å²) in [5, 5.41) is 0. The van der Waals surface area contributed by atoms with Crippen LogP contribution < -0.4 is 10.4 Å². The number of aromatic nitrogens is 2. The number of terminal acetylenes is 1. The van der Waals surface area contributed by atoms with Crippen LogP contribution in [0, 0.1) is 12.3 Å². The zero-order chi connectivity index (χ0) is 22.0. The monoisotopic (exact) mass is 438 g/mol. The van der Waals surface area contributed by atoms with E-state index in [1.54, 1.807) is 9.47 Å². The number of rotatable bonds is 5. The molecule has 0 unspecified atom stereocenters. The summed E-state index contributed by atoms with van der Waals surface area (Å²) in [4.78, 5) is 29.9. The summed E-state index contributed by atoms with van der Waals surface area (Å²) >= 11 is 0. The number of benzene rings is 2. The van der Waals surface area contributed by atoms with Crippen LogP contribution in [0.4, 0.5) is 0 Å². The fourth-order valence-corrected chi connectivity index (χ4v) is 4.88. The zero-order valence-corrected chi connectivity index (χ0v) is 17.6. The second-order valence-corrected chi connectivity index (χ2v) is 9.16. The molecular weight excluding hydrogens is 416 g/mol. The van der Waals surface area contributed by atoms with E-state index in [4.69, 9.17) is 6.42 Å². The maximum absolute atomic E-state index is 12.9. The highest BCUT2D eigenvalue weighted by molar-refractivity contribution is 7.89. The number of para-hydroxylation sites is 2. The normalized spacial score (nSPS) is 15.1. The Morgan fingerprint density at radius 3 is 2.48 bits per heavy atom. The summed E-state index contributed by atoms with van der Waals surface area (Å²) in [6.07, 6.45) is 6.41. The van der Waals surface area contributed by atoms with Crippen LogP contribution >= 0.6 is 0 Å². The molecule has 0 aliphatic carbocycles. The first kappa shape index (κ1) is 20.9. The van der Waals surface area contributed by atoms with Crippen LogP contribution in [0.1, 0.15) is 29.2 Å². The van der Waals surface area contributed by atoms with E-state index >= 15 is 0 Å². The Bertz CT molecular complexity index is 1310. The number of piperidine rings is 1. The Morgan fingerprint density at radius 1 is 1.13 bits per heavy atom. The largest absolute Gasteiger partial charge is 0.338 e. The van der Waals surface area contributed by atoms with Crippen LogP contribution in [0.15, 0.2) is 58.2 Å². The van der Waals surface area contributed by atoms with Crippen molar-refractivity contribution < 1.29 is 13.2 Å². The quantitative estimate of drug-likeness (QED) is 0.592. The predicted molar refractivity (Wildman–Crippen MR) is 117 cm³/mol. The van der Waals surface area contributed by atoms with Crippen molar-refractivity contribution >= 4 is 27.0 Å². The molecule has 2 aromatic carbocycles. The molecule has 2 heterocycles. The van der Waals surface area contributed by atoms with Gasteiger partial charge in [0.25, 0.3) is 5.91 Å². The van der Waals surface area contributed by atoms with Gasteiger partial charge >= 0.3 is 5.69 Å². The average Bonchev–Trinajstić information content (AvgIpc) is 3.13. The molecule has 0 bridgehead atoms. The third-order valence-corrected chi connectivity index (χ3v) is 6.93. The number of hydrogen-bond donors (Lipinski definition) is 2. The smallest absolute Gasteiger partial charge is 0.326 e. The number of fused-ring (bicyclic) bond motifs is 1. The van der Waals surface area contributed by atoms with Crippen molar-refractivity contribution in [2.24, 2.45) is 0 Å². The molecule has 1 aromatic heterocycles. The molecule has 9 heteroatoms. The molecule has 1 amide bonds. The van der Waals surface area contributed by atoms with Crippen LogP contribution in [-0.4, -0.2) is 48.4 Å². The number of hydrogen-bond acceptors (Lipinski definition) is 4. The van der Waals surface area contributed by atoms with Crippen LogP contribution in [0.2, 0.25) is 0 Å². The number of nitrogens with one attached hydrogen (secondary N) is 2. The molecule has 1 aliphatic rings. The number of H-pyrrole nitrogens is 1. The molecule has 0 saturated carbocycles. The summed E-state index contributed by atoms with van der Waals surface area (Å²) in [6.45, 7) is 0.927. The van der Waals surface area contributed by atoms with Crippen molar-refractivity contribution in [1.29, 1.82) is 0 Å². The van der Waals surface area contributed by atoms with E-state index in [9.17, 15) is 18.0 Å². The molecule has 0 atom stereocenters. The summed E-state index contributed by atoms with van der Waals surface area (Å²) in [7, 11) is -3.70.